The van der Waals surface area contributed by atoms with Crippen LogP contribution in [-0.4, -0.2) is 40.6 Å². The molecule has 1 saturated carbocycles. The summed E-state index contributed by atoms with van der Waals surface area (Å²) in [4.78, 5) is 14.7. The van der Waals surface area contributed by atoms with Crippen molar-refractivity contribution in [1.29, 1.82) is 0 Å². The minimum atomic E-state index is -3.76. The average Bonchev–Trinajstić information content (AvgIpc) is 3.09. The third-order valence-electron chi connectivity index (χ3n) is 2.66. The molecule has 98 valence electrons. The van der Waals surface area contributed by atoms with Crippen molar-refractivity contribution in [2.45, 2.75) is 25.4 Å². The van der Waals surface area contributed by atoms with Gasteiger partial charge in [0.05, 0.1) is 12.2 Å². The Morgan fingerprint density at radius 3 is 2.67 bits per heavy atom. The minimum Gasteiger partial charge on any atom is -0.480 e. The molecule has 1 aliphatic rings. The second-order valence-electron chi connectivity index (χ2n) is 4.25. The first-order valence-electron chi connectivity index (χ1n) is 5.60. The lowest BCUT2D eigenvalue weighted by Crippen LogP contribution is -2.36. The van der Waals surface area contributed by atoms with Crippen LogP contribution in [0, 0.1) is 0 Å². The number of carboxylic acid groups (broad SMARTS) is 1. The fourth-order valence-corrected chi connectivity index (χ4v) is 3.18. The highest BCUT2D eigenvalue weighted by atomic mass is 32.2. The van der Waals surface area contributed by atoms with Gasteiger partial charge in [-0.05, 0) is 25.0 Å². The van der Waals surface area contributed by atoms with Crippen LogP contribution >= 0.6 is 0 Å². The minimum absolute atomic E-state index is 0.0728. The second-order valence-corrected chi connectivity index (χ2v) is 6.17. The van der Waals surface area contributed by atoms with E-state index < -0.39 is 21.7 Å². The van der Waals surface area contributed by atoms with Gasteiger partial charge in [0, 0.05) is 12.2 Å². The van der Waals surface area contributed by atoms with E-state index in [1.54, 1.807) is 24.4 Å². The van der Waals surface area contributed by atoms with Gasteiger partial charge in [0.25, 0.3) is 0 Å². The Morgan fingerprint density at radius 2 is 2.17 bits per heavy atom. The van der Waals surface area contributed by atoms with Gasteiger partial charge in [0.1, 0.15) is 0 Å². The monoisotopic (exact) mass is 270 g/mol. The molecule has 0 saturated heterocycles. The molecule has 6 nitrogen and oxygen atoms in total. The van der Waals surface area contributed by atoms with Crippen molar-refractivity contribution < 1.29 is 18.3 Å². The Kier molecular flexibility index (Phi) is 3.63. The van der Waals surface area contributed by atoms with E-state index >= 15 is 0 Å². The van der Waals surface area contributed by atoms with Crippen LogP contribution in [-0.2, 0) is 21.4 Å². The molecule has 2 rings (SSSR count). The van der Waals surface area contributed by atoms with E-state index in [9.17, 15) is 13.2 Å². The highest BCUT2D eigenvalue weighted by Crippen LogP contribution is 2.30. The quantitative estimate of drug-likeness (QED) is 0.811. The van der Waals surface area contributed by atoms with Gasteiger partial charge >= 0.3 is 5.97 Å². The van der Waals surface area contributed by atoms with Crippen LogP contribution in [0.5, 0.6) is 0 Å². The maximum atomic E-state index is 11.9. The molecule has 0 atom stereocenters. The van der Waals surface area contributed by atoms with E-state index in [0.29, 0.717) is 5.69 Å². The zero-order chi connectivity index (χ0) is 13.2. The number of aromatic nitrogens is 1. The summed E-state index contributed by atoms with van der Waals surface area (Å²) in [5.41, 5.74) is 0.623. The molecular weight excluding hydrogens is 256 g/mol. The smallest absolute Gasteiger partial charge is 0.320 e. The number of carbonyl (C=O) groups is 1. The summed E-state index contributed by atoms with van der Waals surface area (Å²) in [6.45, 7) is 0.140. The van der Waals surface area contributed by atoms with Gasteiger partial charge in [-0.25, -0.2) is 8.42 Å². The number of pyridine rings is 1. The number of nitrogens with zero attached hydrogens (tertiary/aromatic N) is 2. The summed E-state index contributed by atoms with van der Waals surface area (Å²) in [6, 6.07) is 5.18. The first-order valence-corrected chi connectivity index (χ1v) is 7.21. The number of rotatable bonds is 6. The fraction of sp³-hybridized carbons (Fsp3) is 0.455. The van der Waals surface area contributed by atoms with Crippen LogP contribution in [0.15, 0.2) is 24.4 Å². The van der Waals surface area contributed by atoms with E-state index in [0.717, 1.165) is 12.8 Å². The molecule has 0 unspecified atom stereocenters. The first-order chi connectivity index (χ1) is 8.49. The molecule has 1 N–H and O–H groups in total. The molecule has 7 heteroatoms. The summed E-state index contributed by atoms with van der Waals surface area (Å²) >= 11 is 0. The van der Waals surface area contributed by atoms with E-state index in [1.165, 1.54) is 4.31 Å². The molecule has 0 aliphatic heterocycles. The third-order valence-corrected chi connectivity index (χ3v) is 4.41. The Balaban J connectivity index is 2.16. The molecule has 0 radical (unpaired) electrons. The molecule has 0 aromatic carbocycles. The van der Waals surface area contributed by atoms with Crippen molar-refractivity contribution in [3.8, 4) is 0 Å². The van der Waals surface area contributed by atoms with Gasteiger partial charge in [-0.15, -0.1) is 0 Å². The number of aliphatic carboxylic acids is 1. The Morgan fingerprint density at radius 1 is 1.44 bits per heavy atom. The maximum absolute atomic E-state index is 11.9. The molecule has 1 aromatic heterocycles. The first kappa shape index (κ1) is 13.0. The predicted molar refractivity (Wildman–Crippen MR) is 64.2 cm³/mol. The summed E-state index contributed by atoms with van der Waals surface area (Å²) in [5.74, 6) is -2.20. The average molecular weight is 270 g/mol. The van der Waals surface area contributed by atoms with E-state index in [4.69, 9.17) is 5.11 Å². The molecule has 18 heavy (non-hydrogen) atoms. The van der Waals surface area contributed by atoms with Gasteiger partial charge in [0.2, 0.25) is 10.0 Å². The largest absolute Gasteiger partial charge is 0.480 e. The van der Waals surface area contributed by atoms with Crippen LogP contribution in [0.1, 0.15) is 18.5 Å². The number of sulfonamides is 1. The predicted octanol–water partition coefficient (Wildman–Crippen LogP) is 0.460. The molecular formula is C11H14N2O4S. The lowest BCUT2D eigenvalue weighted by atomic mass is 10.3. The van der Waals surface area contributed by atoms with Gasteiger partial charge < -0.3 is 5.11 Å². The molecule has 0 spiro atoms. The third kappa shape index (κ3) is 3.27. The van der Waals surface area contributed by atoms with Crippen molar-refractivity contribution in [1.82, 2.24) is 9.29 Å². The number of hydrogen-bond donors (Lipinski definition) is 1. The summed E-state index contributed by atoms with van der Waals surface area (Å²) in [7, 11) is -3.76. The van der Waals surface area contributed by atoms with Crippen molar-refractivity contribution in [3.05, 3.63) is 30.1 Å². The van der Waals surface area contributed by atoms with Crippen molar-refractivity contribution >= 4 is 16.0 Å². The summed E-state index contributed by atoms with van der Waals surface area (Å²) < 4.78 is 25.1. The Hall–Kier alpha value is -1.47. The Bertz CT molecular complexity index is 525. The lowest BCUT2D eigenvalue weighted by molar-refractivity contribution is -0.134. The summed E-state index contributed by atoms with van der Waals surface area (Å²) in [5, 5.41) is 8.64. The zero-order valence-corrected chi connectivity index (χ0v) is 10.5. The lowest BCUT2D eigenvalue weighted by Gasteiger charge is -2.20. The Labute approximate surface area is 105 Å². The summed E-state index contributed by atoms with van der Waals surface area (Å²) in [6.07, 6.45) is 3.15. The van der Waals surface area contributed by atoms with Crippen LogP contribution in [0.2, 0.25) is 0 Å². The standard InChI is InChI=1S/C11H14N2O4S/c14-11(15)8-18(16,17)13(10-4-5-10)7-9-3-1-2-6-12-9/h1-3,6,10H,4-5,7-8H2,(H,14,15). The van der Waals surface area contributed by atoms with E-state index in [2.05, 4.69) is 4.98 Å². The number of hydrogen-bond acceptors (Lipinski definition) is 4. The van der Waals surface area contributed by atoms with Crippen molar-refractivity contribution in [2.24, 2.45) is 0 Å². The van der Waals surface area contributed by atoms with Gasteiger partial charge in [-0.3, -0.25) is 9.78 Å². The molecule has 1 heterocycles. The van der Waals surface area contributed by atoms with Gasteiger partial charge in [-0.2, -0.15) is 4.31 Å². The van der Waals surface area contributed by atoms with Crippen LogP contribution in [0.3, 0.4) is 0 Å². The molecule has 1 aliphatic carbocycles. The maximum Gasteiger partial charge on any atom is 0.320 e. The van der Waals surface area contributed by atoms with Crippen molar-refractivity contribution in [2.75, 3.05) is 5.75 Å². The normalized spacial score (nSPS) is 15.8. The van der Waals surface area contributed by atoms with Gasteiger partial charge in [-0.1, -0.05) is 6.07 Å². The van der Waals surface area contributed by atoms with Crippen LogP contribution in [0.4, 0.5) is 0 Å². The fourth-order valence-electron chi connectivity index (χ4n) is 1.71. The van der Waals surface area contributed by atoms with E-state index in [-0.39, 0.29) is 12.6 Å². The van der Waals surface area contributed by atoms with Gasteiger partial charge in [0.15, 0.2) is 5.75 Å². The zero-order valence-electron chi connectivity index (χ0n) is 9.69. The second kappa shape index (κ2) is 5.03. The topological polar surface area (TPSA) is 87.6 Å². The number of carboxylic acids is 1. The van der Waals surface area contributed by atoms with E-state index in [1.807, 2.05) is 0 Å². The highest BCUT2D eigenvalue weighted by Gasteiger charge is 2.38. The van der Waals surface area contributed by atoms with Crippen LogP contribution < -0.4 is 0 Å². The van der Waals surface area contributed by atoms with Crippen LogP contribution in [0.25, 0.3) is 0 Å². The molecule has 0 bridgehead atoms. The molecule has 1 aromatic rings. The van der Waals surface area contributed by atoms with Crippen molar-refractivity contribution in [3.63, 3.8) is 0 Å². The molecule has 0 amide bonds. The molecule has 1 fully saturated rings. The highest BCUT2D eigenvalue weighted by molar-refractivity contribution is 7.89. The SMILES string of the molecule is O=C(O)CS(=O)(=O)N(Cc1ccccn1)C1CC1.